The first-order chi connectivity index (χ1) is 3.93. The summed E-state index contributed by atoms with van der Waals surface area (Å²) in [7, 11) is 1.76. The van der Waals surface area contributed by atoms with Gasteiger partial charge in [-0.1, -0.05) is 12.1 Å². The molecular formula is C6H7N2-. The van der Waals surface area contributed by atoms with E-state index >= 15 is 0 Å². The van der Waals surface area contributed by atoms with Crippen LogP contribution in [0.4, 0.5) is 5.69 Å². The maximum Gasteiger partial charge on any atom is 0.0255 e. The van der Waals surface area contributed by atoms with Crippen molar-refractivity contribution in [3.8, 4) is 0 Å². The van der Waals surface area contributed by atoms with Gasteiger partial charge in [-0.05, 0) is 0 Å². The molecule has 1 aromatic heterocycles. The van der Waals surface area contributed by atoms with Crippen LogP contribution in [-0.2, 0) is 0 Å². The molecule has 0 unspecified atom stereocenters. The van der Waals surface area contributed by atoms with Crippen LogP contribution in [0.25, 0.3) is 5.32 Å². The molecule has 0 amide bonds. The van der Waals surface area contributed by atoms with Crippen molar-refractivity contribution >= 4 is 5.69 Å². The highest BCUT2D eigenvalue weighted by Gasteiger charge is 1.68. The van der Waals surface area contributed by atoms with Crippen molar-refractivity contribution < 1.29 is 0 Å². The number of rotatable bonds is 1. The van der Waals surface area contributed by atoms with Crippen LogP contribution in [0, 0.1) is 0 Å². The first-order valence-corrected chi connectivity index (χ1v) is 2.43. The molecule has 0 N–H and O–H groups in total. The lowest BCUT2D eigenvalue weighted by atomic mass is 10.4. The predicted molar refractivity (Wildman–Crippen MR) is 33.2 cm³/mol. The Morgan fingerprint density at radius 3 is 2.38 bits per heavy atom. The van der Waals surface area contributed by atoms with E-state index in [0.29, 0.717) is 0 Å². The Morgan fingerprint density at radius 2 is 2.00 bits per heavy atom. The minimum atomic E-state index is 0.972. The summed E-state index contributed by atoms with van der Waals surface area (Å²) in [6.45, 7) is 0. The lowest BCUT2D eigenvalue weighted by molar-refractivity contribution is 1.33. The number of hydrogen-bond donors (Lipinski definition) is 0. The normalized spacial score (nSPS) is 8.62. The van der Waals surface area contributed by atoms with Gasteiger partial charge in [0.25, 0.3) is 0 Å². The fourth-order valence-electron chi connectivity index (χ4n) is 0.493. The number of hydrogen-bond acceptors (Lipinski definition) is 1. The molecule has 0 aliphatic heterocycles. The molecule has 42 valence electrons. The van der Waals surface area contributed by atoms with Crippen molar-refractivity contribution in [3.05, 3.63) is 29.8 Å². The largest absolute Gasteiger partial charge is 0.687 e. The molecule has 0 radical (unpaired) electrons. The summed E-state index contributed by atoms with van der Waals surface area (Å²) in [4.78, 5) is 3.83. The van der Waals surface area contributed by atoms with Crippen LogP contribution in [0.5, 0.6) is 0 Å². The molecule has 0 aromatic carbocycles. The minimum Gasteiger partial charge on any atom is -0.687 e. The van der Waals surface area contributed by atoms with Crippen molar-refractivity contribution in [1.29, 1.82) is 0 Å². The van der Waals surface area contributed by atoms with E-state index in [1.54, 1.807) is 19.4 Å². The third-order valence-corrected chi connectivity index (χ3v) is 0.921. The van der Waals surface area contributed by atoms with Gasteiger partial charge in [-0.2, -0.15) is 0 Å². The summed E-state index contributed by atoms with van der Waals surface area (Å²) in [5.41, 5.74) is 0.972. The summed E-state index contributed by atoms with van der Waals surface area (Å²) < 4.78 is 0. The van der Waals surface area contributed by atoms with Gasteiger partial charge in [0, 0.05) is 12.4 Å². The topological polar surface area (TPSA) is 27.0 Å². The summed E-state index contributed by atoms with van der Waals surface area (Å²) in [5, 5.41) is 3.93. The van der Waals surface area contributed by atoms with Gasteiger partial charge in [0.15, 0.2) is 0 Å². The molecule has 0 spiro atoms. The van der Waals surface area contributed by atoms with Crippen molar-refractivity contribution in [3.63, 3.8) is 0 Å². The van der Waals surface area contributed by atoms with Crippen LogP contribution in [0.1, 0.15) is 0 Å². The smallest absolute Gasteiger partial charge is 0.0255 e. The van der Waals surface area contributed by atoms with E-state index in [9.17, 15) is 0 Å². The average Bonchev–Trinajstić information content (AvgIpc) is 1.90. The van der Waals surface area contributed by atoms with Crippen LogP contribution < -0.4 is 0 Å². The number of nitrogens with zero attached hydrogens (tertiary/aromatic N) is 2. The third-order valence-electron chi connectivity index (χ3n) is 0.921. The van der Waals surface area contributed by atoms with Crippen LogP contribution >= 0.6 is 0 Å². The molecule has 0 saturated carbocycles. The molecule has 0 bridgehead atoms. The van der Waals surface area contributed by atoms with Crippen molar-refractivity contribution in [2.75, 3.05) is 7.05 Å². The van der Waals surface area contributed by atoms with Gasteiger partial charge in [-0.3, -0.25) is 4.98 Å². The van der Waals surface area contributed by atoms with E-state index in [2.05, 4.69) is 10.3 Å². The molecule has 1 rings (SSSR count). The van der Waals surface area contributed by atoms with Crippen molar-refractivity contribution in [2.24, 2.45) is 0 Å². The van der Waals surface area contributed by atoms with Crippen molar-refractivity contribution in [2.45, 2.75) is 0 Å². The lowest BCUT2D eigenvalue weighted by Crippen LogP contribution is -1.66. The van der Waals surface area contributed by atoms with Gasteiger partial charge in [0.2, 0.25) is 0 Å². The van der Waals surface area contributed by atoms with Crippen LogP contribution in [0.15, 0.2) is 24.5 Å². The Morgan fingerprint density at radius 1 is 1.38 bits per heavy atom. The fourth-order valence-corrected chi connectivity index (χ4v) is 0.493. The second-order valence-corrected chi connectivity index (χ2v) is 1.43. The second-order valence-electron chi connectivity index (χ2n) is 1.43. The molecule has 1 aromatic rings. The SMILES string of the molecule is C[N-]c1ccncc1. The maximum absolute atomic E-state index is 3.93. The number of pyridine rings is 1. The summed E-state index contributed by atoms with van der Waals surface area (Å²) in [6.07, 6.45) is 3.45. The zero-order valence-electron chi connectivity index (χ0n) is 4.70. The fraction of sp³-hybridized carbons (Fsp3) is 0.167. The summed E-state index contributed by atoms with van der Waals surface area (Å²) >= 11 is 0. The molecule has 0 saturated heterocycles. The zero-order valence-corrected chi connectivity index (χ0v) is 4.70. The molecule has 0 fully saturated rings. The average molecular weight is 107 g/mol. The van der Waals surface area contributed by atoms with Gasteiger partial charge in [0.05, 0.1) is 0 Å². The van der Waals surface area contributed by atoms with Crippen LogP contribution in [0.2, 0.25) is 0 Å². The van der Waals surface area contributed by atoms with Gasteiger partial charge >= 0.3 is 0 Å². The van der Waals surface area contributed by atoms with E-state index in [-0.39, 0.29) is 0 Å². The monoisotopic (exact) mass is 107 g/mol. The highest BCUT2D eigenvalue weighted by Crippen LogP contribution is 2.10. The van der Waals surface area contributed by atoms with Gasteiger partial charge < -0.3 is 5.32 Å². The third kappa shape index (κ3) is 0.964. The van der Waals surface area contributed by atoms with Crippen molar-refractivity contribution in [1.82, 2.24) is 4.98 Å². The first-order valence-electron chi connectivity index (χ1n) is 2.43. The standard InChI is InChI=1S/C6H7N2/c1-7-6-2-4-8-5-3-6/h2-5H,1H3/q-1. The Kier molecular flexibility index (Phi) is 1.47. The molecule has 0 aliphatic rings. The van der Waals surface area contributed by atoms with E-state index < -0.39 is 0 Å². The second kappa shape index (κ2) is 2.31. The lowest BCUT2D eigenvalue weighted by Gasteiger charge is -2.10. The Labute approximate surface area is 48.6 Å². The number of aromatic nitrogens is 1. The molecule has 1 heterocycles. The van der Waals surface area contributed by atoms with Gasteiger partial charge in [-0.15, -0.1) is 12.7 Å². The maximum atomic E-state index is 3.93. The highest BCUT2D eigenvalue weighted by molar-refractivity contribution is 5.44. The van der Waals surface area contributed by atoms with E-state index in [1.165, 1.54) is 0 Å². The molecular weight excluding hydrogens is 100 g/mol. The van der Waals surface area contributed by atoms with Gasteiger partial charge in [-0.25, -0.2) is 0 Å². The Balaban J connectivity index is 2.83. The molecule has 2 heteroatoms. The van der Waals surface area contributed by atoms with E-state index in [1.807, 2.05) is 12.1 Å². The zero-order chi connectivity index (χ0) is 5.82. The van der Waals surface area contributed by atoms with Crippen LogP contribution in [0.3, 0.4) is 0 Å². The van der Waals surface area contributed by atoms with Gasteiger partial charge in [0.1, 0.15) is 0 Å². The summed E-state index contributed by atoms with van der Waals surface area (Å²) in [6, 6.07) is 3.72. The molecule has 0 atom stereocenters. The molecule has 8 heavy (non-hydrogen) atoms. The molecule has 2 nitrogen and oxygen atoms in total. The predicted octanol–water partition coefficient (Wildman–Crippen LogP) is 1.72. The van der Waals surface area contributed by atoms with Crippen LogP contribution in [-0.4, -0.2) is 12.0 Å². The Hall–Kier alpha value is -1.05. The first kappa shape index (κ1) is 5.09. The highest BCUT2D eigenvalue weighted by atomic mass is 14.8. The quantitative estimate of drug-likeness (QED) is 0.536. The van der Waals surface area contributed by atoms with E-state index in [4.69, 9.17) is 0 Å². The summed E-state index contributed by atoms with van der Waals surface area (Å²) in [5.74, 6) is 0. The van der Waals surface area contributed by atoms with E-state index in [0.717, 1.165) is 5.69 Å². The Bertz CT molecular complexity index is 148. The minimum absolute atomic E-state index is 0.972. The molecule has 0 aliphatic carbocycles.